The van der Waals surface area contributed by atoms with Crippen molar-refractivity contribution in [2.45, 2.75) is 207 Å². The first-order valence-corrected chi connectivity index (χ1v) is 20.9. The highest BCUT2D eigenvalue weighted by Crippen LogP contribution is 2.15. The molecule has 8 heteroatoms. The number of hydrogen-bond acceptors (Lipinski definition) is 7. The summed E-state index contributed by atoms with van der Waals surface area (Å²) in [6.45, 7) is 10.6. The number of esters is 2. The molecule has 0 radical (unpaired) electrons. The topological polar surface area (TPSA) is 94.2 Å². The first-order chi connectivity index (χ1) is 24.0. The Hall–Kier alpha value is -1.83. The number of nitrogens with zero attached hydrogens (tertiary/aromatic N) is 1. The van der Waals surface area contributed by atoms with Gasteiger partial charge in [-0.1, -0.05) is 130 Å². The molecular formula is C41H80N2O6. The van der Waals surface area contributed by atoms with E-state index in [1.54, 1.807) is 7.05 Å². The third-order valence-electron chi connectivity index (χ3n) is 9.41. The number of alkyl carbamates (subject to hydrolysis) is 1. The van der Waals surface area contributed by atoms with Gasteiger partial charge in [-0.15, -0.1) is 0 Å². The number of nitrogens with one attached hydrogen (secondary N) is 1. The number of hydrogen-bond donors (Lipinski definition) is 1. The van der Waals surface area contributed by atoms with E-state index >= 15 is 0 Å². The van der Waals surface area contributed by atoms with Crippen molar-refractivity contribution in [1.29, 1.82) is 0 Å². The van der Waals surface area contributed by atoms with E-state index in [4.69, 9.17) is 14.2 Å². The van der Waals surface area contributed by atoms with Crippen molar-refractivity contribution >= 4 is 18.0 Å². The number of carbonyl (C=O) groups excluding carboxylic acids is 3. The zero-order valence-electron chi connectivity index (χ0n) is 32.8. The summed E-state index contributed by atoms with van der Waals surface area (Å²) in [6.07, 6.45) is 30.5. The van der Waals surface area contributed by atoms with Crippen LogP contribution in [0.1, 0.15) is 201 Å². The molecule has 0 saturated heterocycles. The fraction of sp³-hybridized carbons (Fsp3) is 0.927. The van der Waals surface area contributed by atoms with Crippen LogP contribution in [-0.2, 0) is 23.8 Å². The van der Waals surface area contributed by atoms with Crippen LogP contribution in [0.4, 0.5) is 4.79 Å². The average molecular weight is 697 g/mol. The van der Waals surface area contributed by atoms with Crippen molar-refractivity contribution in [2.75, 3.05) is 39.9 Å². The number of amides is 1. The van der Waals surface area contributed by atoms with Crippen LogP contribution < -0.4 is 5.32 Å². The van der Waals surface area contributed by atoms with Gasteiger partial charge in [0.15, 0.2) is 0 Å². The maximum atomic E-state index is 12.4. The molecule has 0 aromatic rings. The fourth-order valence-corrected chi connectivity index (χ4v) is 6.19. The highest BCUT2D eigenvalue weighted by molar-refractivity contribution is 5.69. The van der Waals surface area contributed by atoms with Crippen LogP contribution >= 0.6 is 0 Å². The summed E-state index contributed by atoms with van der Waals surface area (Å²) >= 11 is 0. The number of ether oxygens (including phenoxy) is 3. The monoisotopic (exact) mass is 697 g/mol. The number of unbranched alkanes of at least 4 members (excludes halogenated alkanes) is 19. The van der Waals surface area contributed by atoms with E-state index in [-0.39, 0.29) is 24.1 Å². The summed E-state index contributed by atoms with van der Waals surface area (Å²) in [7, 11) is 1.58. The molecule has 0 fully saturated rings. The normalized spacial score (nSPS) is 11.9. The molecule has 0 aliphatic carbocycles. The molecule has 1 amide bonds. The van der Waals surface area contributed by atoms with E-state index in [2.05, 4.69) is 31.0 Å². The maximum absolute atomic E-state index is 12.4. The second-order valence-corrected chi connectivity index (χ2v) is 14.0. The average Bonchev–Trinajstić information content (AvgIpc) is 3.10. The second-order valence-electron chi connectivity index (χ2n) is 14.0. The van der Waals surface area contributed by atoms with Crippen molar-refractivity contribution < 1.29 is 28.6 Å². The van der Waals surface area contributed by atoms with Crippen LogP contribution in [0, 0.1) is 0 Å². The van der Waals surface area contributed by atoms with Gasteiger partial charge in [0, 0.05) is 26.4 Å². The van der Waals surface area contributed by atoms with Gasteiger partial charge in [-0.05, 0) is 70.9 Å². The molecule has 290 valence electrons. The van der Waals surface area contributed by atoms with Crippen LogP contribution in [0.2, 0.25) is 0 Å². The molecule has 1 unspecified atom stereocenters. The molecule has 0 aromatic heterocycles. The van der Waals surface area contributed by atoms with Gasteiger partial charge in [0.1, 0.15) is 6.10 Å². The van der Waals surface area contributed by atoms with E-state index in [9.17, 15) is 14.4 Å². The third kappa shape index (κ3) is 34.4. The summed E-state index contributed by atoms with van der Waals surface area (Å²) in [6, 6.07) is 0. The highest BCUT2D eigenvalue weighted by atomic mass is 16.6. The largest absolute Gasteiger partial charge is 0.466 e. The van der Waals surface area contributed by atoms with Gasteiger partial charge >= 0.3 is 18.0 Å². The Bertz CT molecular complexity index is 750. The van der Waals surface area contributed by atoms with Gasteiger partial charge in [0.2, 0.25) is 0 Å². The molecule has 0 saturated carbocycles. The molecule has 0 rings (SSSR count). The summed E-state index contributed by atoms with van der Waals surface area (Å²) in [5, 5.41) is 2.50. The summed E-state index contributed by atoms with van der Waals surface area (Å²) in [4.78, 5) is 38.3. The molecule has 0 spiro atoms. The van der Waals surface area contributed by atoms with Gasteiger partial charge in [0.25, 0.3) is 0 Å². The molecule has 1 N–H and O–H groups in total. The van der Waals surface area contributed by atoms with Crippen LogP contribution in [0.3, 0.4) is 0 Å². The molecule has 8 nitrogen and oxygen atoms in total. The van der Waals surface area contributed by atoms with Gasteiger partial charge in [-0.3, -0.25) is 9.59 Å². The molecule has 49 heavy (non-hydrogen) atoms. The van der Waals surface area contributed by atoms with Gasteiger partial charge in [-0.25, -0.2) is 4.79 Å². The maximum Gasteiger partial charge on any atom is 0.406 e. The predicted octanol–water partition coefficient (Wildman–Crippen LogP) is 11.1. The molecule has 0 bridgehead atoms. The Labute approximate surface area is 302 Å². The Morgan fingerprint density at radius 3 is 1.51 bits per heavy atom. The molecule has 0 heterocycles. The third-order valence-corrected chi connectivity index (χ3v) is 9.41. The van der Waals surface area contributed by atoms with Crippen molar-refractivity contribution in [2.24, 2.45) is 0 Å². The van der Waals surface area contributed by atoms with Crippen molar-refractivity contribution in [1.82, 2.24) is 10.2 Å². The minimum absolute atomic E-state index is 0.0262. The van der Waals surface area contributed by atoms with Crippen LogP contribution in [0.5, 0.6) is 0 Å². The Kier molecular flexibility index (Phi) is 36.0. The summed E-state index contributed by atoms with van der Waals surface area (Å²) in [5.74, 6) is -0.0679. The first kappa shape index (κ1) is 47.2. The van der Waals surface area contributed by atoms with E-state index < -0.39 is 0 Å². The lowest BCUT2D eigenvalue weighted by atomic mass is 10.1. The molecular weight excluding hydrogens is 616 g/mol. The number of carbonyl (C=O) groups is 3. The second kappa shape index (κ2) is 37.4. The van der Waals surface area contributed by atoms with E-state index in [0.717, 1.165) is 122 Å². The molecule has 0 aromatic carbocycles. The number of rotatable bonds is 37. The van der Waals surface area contributed by atoms with Crippen LogP contribution in [0.15, 0.2) is 0 Å². The molecule has 1 atom stereocenters. The SMILES string of the molecule is CCCCCCCCCOC(=O)CCCCCCCN(CCCCCCCC(=O)OC(CC)CCCCCCCC)CCCOC(=O)NC. The lowest BCUT2D eigenvalue weighted by molar-refractivity contribution is -0.149. The summed E-state index contributed by atoms with van der Waals surface area (Å²) < 4.78 is 16.4. The minimum atomic E-state index is -0.375. The standard InChI is InChI=1S/C41H80N2O6/c1-5-8-10-12-14-22-28-36-47-39(44)31-24-18-15-20-26-33-43(35-29-37-48-41(46)42-4)34-27-21-16-19-25-32-40(45)49-38(7-3)30-23-17-13-11-9-6-2/h38H,5-37H2,1-4H3,(H,42,46). The van der Waals surface area contributed by atoms with Gasteiger partial charge < -0.3 is 24.4 Å². The van der Waals surface area contributed by atoms with Gasteiger partial charge in [-0.2, -0.15) is 0 Å². The zero-order valence-corrected chi connectivity index (χ0v) is 32.8. The lowest BCUT2D eigenvalue weighted by Crippen LogP contribution is -2.29. The minimum Gasteiger partial charge on any atom is -0.466 e. The van der Waals surface area contributed by atoms with E-state index in [1.807, 2.05) is 0 Å². The zero-order chi connectivity index (χ0) is 36.0. The predicted molar refractivity (Wildman–Crippen MR) is 204 cm³/mol. The van der Waals surface area contributed by atoms with Crippen molar-refractivity contribution in [3.05, 3.63) is 0 Å². The van der Waals surface area contributed by atoms with Crippen LogP contribution in [-0.4, -0.2) is 68.9 Å². The quantitative estimate of drug-likeness (QED) is 0.0392. The lowest BCUT2D eigenvalue weighted by Gasteiger charge is -2.22. The highest BCUT2D eigenvalue weighted by Gasteiger charge is 2.12. The fourth-order valence-electron chi connectivity index (χ4n) is 6.19. The molecule has 0 aliphatic heterocycles. The summed E-state index contributed by atoms with van der Waals surface area (Å²) in [5.41, 5.74) is 0. The first-order valence-electron chi connectivity index (χ1n) is 20.9. The van der Waals surface area contributed by atoms with E-state index in [1.165, 1.54) is 64.2 Å². The van der Waals surface area contributed by atoms with Crippen molar-refractivity contribution in [3.63, 3.8) is 0 Å². The van der Waals surface area contributed by atoms with Crippen LogP contribution in [0.25, 0.3) is 0 Å². The van der Waals surface area contributed by atoms with Crippen molar-refractivity contribution in [3.8, 4) is 0 Å². The Balaban J connectivity index is 4.06. The Morgan fingerprint density at radius 2 is 0.959 bits per heavy atom. The smallest absolute Gasteiger partial charge is 0.406 e. The van der Waals surface area contributed by atoms with E-state index in [0.29, 0.717) is 26.1 Å². The Morgan fingerprint density at radius 1 is 0.510 bits per heavy atom. The molecule has 0 aliphatic rings. The van der Waals surface area contributed by atoms with Gasteiger partial charge in [0.05, 0.1) is 13.2 Å².